The summed E-state index contributed by atoms with van der Waals surface area (Å²) < 4.78 is 0. The van der Waals surface area contributed by atoms with Crippen LogP contribution in [0.15, 0.2) is 30.3 Å². The fourth-order valence-electron chi connectivity index (χ4n) is 0.715. The van der Waals surface area contributed by atoms with E-state index in [4.69, 9.17) is 5.11 Å². The van der Waals surface area contributed by atoms with Gasteiger partial charge in [0.15, 0.2) is 0 Å². The van der Waals surface area contributed by atoms with Crippen molar-refractivity contribution < 1.29 is 9.90 Å². The van der Waals surface area contributed by atoms with Crippen LogP contribution in [-0.4, -0.2) is 10.9 Å². The minimum absolute atomic E-state index is 0.264. The van der Waals surface area contributed by atoms with Gasteiger partial charge in [0.05, 0.1) is 0 Å². The monoisotopic (exact) mass is 194 g/mol. The van der Waals surface area contributed by atoms with E-state index in [2.05, 4.69) is 0 Å². The summed E-state index contributed by atoms with van der Waals surface area (Å²) in [5.74, 6) is 0.880. The van der Waals surface area contributed by atoms with Gasteiger partial charge >= 0.3 is 0 Å². The molecular formula is C12H18O2. The number of phenolic OH excluding ortho intramolecular Hbond substituents is 1. The third-order valence-corrected chi connectivity index (χ3v) is 2.06. The summed E-state index contributed by atoms with van der Waals surface area (Å²) in [6.07, 6.45) is 0.968. The molecule has 1 rings (SSSR count). The van der Waals surface area contributed by atoms with Crippen LogP contribution in [-0.2, 0) is 4.79 Å². The molecule has 0 saturated heterocycles. The summed E-state index contributed by atoms with van der Waals surface area (Å²) in [5.41, 5.74) is 0. The highest BCUT2D eigenvalue weighted by Gasteiger charge is 2.01. The molecule has 1 aromatic rings. The molecule has 0 radical (unpaired) electrons. The number of carbonyl (C=O) groups is 1. The van der Waals surface area contributed by atoms with E-state index >= 15 is 0 Å². The van der Waals surface area contributed by atoms with Crippen LogP contribution in [0, 0.1) is 5.92 Å². The average Bonchev–Trinajstić information content (AvgIpc) is 2.18. The number of hydrogen-bond donors (Lipinski definition) is 1. The Morgan fingerprint density at radius 2 is 1.86 bits per heavy atom. The van der Waals surface area contributed by atoms with Crippen LogP contribution in [0.3, 0.4) is 0 Å². The SMILES string of the molecule is CCC(C)C(C)=O.Oc1ccccc1. The van der Waals surface area contributed by atoms with Gasteiger partial charge in [-0.15, -0.1) is 0 Å². The first-order valence-electron chi connectivity index (χ1n) is 4.82. The second-order valence-corrected chi connectivity index (χ2v) is 3.26. The number of rotatable bonds is 2. The molecule has 1 aromatic carbocycles. The third-order valence-electron chi connectivity index (χ3n) is 2.06. The normalized spacial score (nSPS) is 11.1. The van der Waals surface area contributed by atoms with Gasteiger partial charge in [-0.3, -0.25) is 4.79 Å². The largest absolute Gasteiger partial charge is 0.508 e. The molecule has 1 unspecified atom stereocenters. The first-order chi connectivity index (χ1) is 6.57. The van der Waals surface area contributed by atoms with Crippen molar-refractivity contribution in [2.45, 2.75) is 27.2 Å². The molecular weight excluding hydrogens is 176 g/mol. The molecule has 0 aromatic heterocycles. The number of aromatic hydroxyl groups is 1. The van der Waals surface area contributed by atoms with Crippen molar-refractivity contribution in [1.29, 1.82) is 0 Å². The van der Waals surface area contributed by atoms with Gasteiger partial charge in [0.25, 0.3) is 0 Å². The lowest BCUT2D eigenvalue weighted by Gasteiger charge is -1.98. The van der Waals surface area contributed by atoms with Crippen LogP contribution < -0.4 is 0 Å². The average molecular weight is 194 g/mol. The Morgan fingerprint density at radius 1 is 1.36 bits per heavy atom. The zero-order valence-corrected chi connectivity index (χ0v) is 9.03. The predicted octanol–water partition coefficient (Wildman–Crippen LogP) is 3.01. The second-order valence-electron chi connectivity index (χ2n) is 3.26. The Morgan fingerprint density at radius 3 is 2.00 bits per heavy atom. The summed E-state index contributed by atoms with van der Waals surface area (Å²) in [5, 5.41) is 8.63. The highest BCUT2D eigenvalue weighted by atomic mass is 16.3. The van der Waals surface area contributed by atoms with Crippen molar-refractivity contribution in [2.24, 2.45) is 5.92 Å². The summed E-state index contributed by atoms with van der Waals surface area (Å²) in [6, 6.07) is 8.71. The van der Waals surface area contributed by atoms with Crippen molar-refractivity contribution in [3.8, 4) is 5.75 Å². The number of hydrogen-bond acceptors (Lipinski definition) is 2. The topological polar surface area (TPSA) is 37.3 Å². The summed E-state index contributed by atoms with van der Waals surface area (Å²) in [4.78, 5) is 10.4. The summed E-state index contributed by atoms with van der Waals surface area (Å²) >= 11 is 0. The molecule has 0 aliphatic heterocycles. The van der Waals surface area contributed by atoms with Crippen LogP contribution in [0.4, 0.5) is 0 Å². The van der Waals surface area contributed by atoms with Crippen molar-refractivity contribution in [3.05, 3.63) is 30.3 Å². The fourth-order valence-corrected chi connectivity index (χ4v) is 0.715. The summed E-state index contributed by atoms with van der Waals surface area (Å²) in [7, 11) is 0. The Labute approximate surface area is 85.6 Å². The van der Waals surface area contributed by atoms with Crippen LogP contribution in [0.1, 0.15) is 27.2 Å². The molecule has 0 bridgehead atoms. The second kappa shape index (κ2) is 7.13. The van der Waals surface area contributed by atoms with Gasteiger partial charge in [-0.05, 0) is 25.5 Å². The molecule has 0 amide bonds. The van der Waals surface area contributed by atoms with Gasteiger partial charge in [-0.1, -0.05) is 32.0 Å². The standard InChI is InChI=1S/C6H6O.C6H12O/c7-6-4-2-1-3-5-6;1-4-5(2)6(3)7/h1-5,7H;5H,4H2,1-3H3. The quantitative estimate of drug-likeness (QED) is 0.785. The zero-order valence-electron chi connectivity index (χ0n) is 9.03. The van der Waals surface area contributed by atoms with Crippen LogP contribution in [0.25, 0.3) is 0 Å². The Kier molecular flexibility index (Phi) is 6.46. The predicted molar refractivity (Wildman–Crippen MR) is 58.2 cm³/mol. The minimum Gasteiger partial charge on any atom is -0.508 e. The van der Waals surface area contributed by atoms with Gasteiger partial charge in [-0.25, -0.2) is 0 Å². The highest BCUT2D eigenvalue weighted by molar-refractivity contribution is 5.77. The van der Waals surface area contributed by atoms with Gasteiger partial charge in [0.1, 0.15) is 11.5 Å². The zero-order chi connectivity index (χ0) is 11.0. The molecule has 0 heterocycles. The minimum atomic E-state index is 0.264. The first kappa shape index (κ1) is 12.7. The number of benzene rings is 1. The van der Waals surface area contributed by atoms with Crippen molar-refractivity contribution >= 4 is 5.78 Å². The van der Waals surface area contributed by atoms with E-state index in [0.29, 0.717) is 11.5 Å². The molecule has 0 spiro atoms. The van der Waals surface area contributed by atoms with Gasteiger partial charge in [0.2, 0.25) is 0 Å². The van der Waals surface area contributed by atoms with E-state index in [1.165, 1.54) is 0 Å². The maximum absolute atomic E-state index is 10.4. The molecule has 0 fully saturated rings. The molecule has 78 valence electrons. The number of ketones is 1. The maximum atomic E-state index is 10.4. The molecule has 14 heavy (non-hydrogen) atoms. The number of Topliss-reactive ketones (excluding diaryl/α,β-unsaturated/α-hetero) is 1. The Hall–Kier alpha value is -1.31. The number of carbonyl (C=O) groups excluding carboxylic acids is 1. The van der Waals surface area contributed by atoms with Crippen LogP contribution >= 0.6 is 0 Å². The molecule has 0 aliphatic rings. The molecule has 0 saturated carbocycles. The van der Waals surface area contributed by atoms with Crippen molar-refractivity contribution in [1.82, 2.24) is 0 Å². The fraction of sp³-hybridized carbons (Fsp3) is 0.417. The van der Waals surface area contributed by atoms with E-state index in [1.54, 1.807) is 31.2 Å². The van der Waals surface area contributed by atoms with Gasteiger partial charge < -0.3 is 5.11 Å². The molecule has 1 atom stereocenters. The van der Waals surface area contributed by atoms with E-state index in [9.17, 15) is 4.79 Å². The molecule has 0 aliphatic carbocycles. The molecule has 1 N–H and O–H groups in total. The van der Waals surface area contributed by atoms with Crippen LogP contribution in [0.2, 0.25) is 0 Å². The smallest absolute Gasteiger partial charge is 0.132 e. The lowest BCUT2D eigenvalue weighted by atomic mass is 10.1. The Balaban J connectivity index is 0.000000241. The van der Waals surface area contributed by atoms with Crippen molar-refractivity contribution in [3.63, 3.8) is 0 Å². The van der Waals surface area contributed by atoms with E-state index < -0.39 is 0 Å². The lowest BCUT2D eigenvalue weighted by molar-refractivity contribution is -0.120. The highest BCUT2D eigenvalue weighted by Crippen LogP contribution is 2.02. The number of phenols is 1. The van der Waals surface area contributed by atoms with E-state index in [0.717, 1.165) is 6.42 Å². The maximum Gasteiger partial charge on any atom is 0.132 e. The van der Waals surface area contributed by atoms with Crippen LogP contribution in [0.5, 0.6) is 5.75 Å². The van der Waals surface area contributed by atoms with Crippen molar-refractivity contribution in [2.75, 3.05) is 0 Å². The Bertz CT molecular complexity index is 254. The first-order valence-corrected chi connectivity index (χ1v) is 4.82. The molecule has 2 nitrogen and oxygen atoms in total. The van der Waals surface area contributed by atoms with Gasteiger partial charge in [0, 0.05) is 5.92 Å². The van der Waals surface area contributed by atoms with Gasteiger partial charge in [-0.2, -0.15) is 0 Å². The lowest BCUT2D eigenvalue weighted by Crippen LogP contribution is -2.03. The summed E-state index contributed by atoms with van der Waals surface area (Å²) in [6.45, 7) is 5.60. The number of para-hydroxylation sites is 1. The van der Waals surface area contributed by atoms with E-state index in [-0.39, 0.29) is 5.92 Å². The van der Waals surface area contributed by atoms with E-state index in [1.807, 2.05) is 19.9 Å². The molecule has 2 heteroatoms. The third kappa shape index (κ3) is 6.23.